The summed E-state index contributed by atoms with van der Waals surface area (Å²) in [5.41, 5.74) is 4.40. The number of aryl methyl sites for hydroxylation is 1. The lowest BCUT2D eigenvalue weighted by Crippen LogP contribution is -2.13. The molecular weight excluding hydrogens is 430 g/mol. The summed E-state index contributed by atoms with van der Waals surface area (Å²) in [5, 5.41) is 12.3. The molecule has 29 heavy (non-hydrogen) atoms. The number of benzene rings is 2. The first-order valence-corrected chi connectivity index (χ1v) is 9.74. The van der Waals surface area contributed by atoms with Crippen LogP contribution in [0.2, 0.25) is 0 Å². The van der Waals surface area contributed by atoms with E-state index >= 15 is 0 Å². The van der Waals surface area contributed by atoms with Crippen LogP contribution in [0.4, 0.5) is 5.69 Å². The highest BCUT2D eigenvalue weighted by Crippen LogP contribution is 2.24. The molecule has 5 nitrogen and oxygen atoms in total. The van der Waals surface area contributed by atoms with Gasteiger partial charge in [-0.15, -0.1) is 0 Å². The number of carbonyl (C=O) groups excluding carboxylic acids is 1. The number of hydrogen-bond donors (Lipinski definition) is 1. The predicted octanol–water partition coefficient (Wildman–Crippen LogP) is 5.41. The number of halogens is 1. The standard InChI is InChI=1S/C23H20BrN3O2/c1-15-11-17(16(2)27(15)21-9-7-19(24)8-10-21)12-18(14-25)23(28)26-20-5-4-6-22(13-20)29-3/h4-13H,1-3H3,(H,26,28)/b18-12-. The Labute approximate surface area is 178 Å². The SMILES string of the molecule is COc1cccc(NC(=O)/C(C#N)=C\c2cc(C)n(-c3ccc(Br)cc3)c2C)c1. The summed E-state index contributed by atoms with van der Waals surface area (Å²) in [7, 11) is 1.56. The van der Waals surface area contributed by atoms with Gasteiger partial charge in [-0.3, -0.25) is 4.79 Å². The third-order valence-corrected chi connectivity index (χ3v) is 5.08. The first kappa shape index (κ1) is 20.4. The number of carbonyl (C=O) groups is 1. The van der Waals surface area contributed by atoms with E-state index in [1.807, 2.05) is 50.2 Å². The maximum Gasteiger partial charge on any atom is 0.266 e. The van der Waals surface area contributed by atoms with Crippen molar-refractivity contribution in [2.24, 2.45) is 0 Å². The molecule has 0 aliphatic heterocycles. The van der Waals surface area contributed by atoms with E-state index in [0.717, 1.165) is 27.1 Å². The van der Waals surface area contributed by atoms with Gasteiger partial charge in [0.1, 0.15) is 17.4 Å². The molecule has 0 aliphatic rings. The largest absolute Gasteiger partial charge is 0.497 e. The Bertz CT molecular complexity index is 1120. The van der Waals surface area contributed by atoms with E-state index in [1.54, 1.807) is 37.5 Å². The Morgan fingerprint density at radius 1 is 1.17 bits per heavy atom. The molecule has 0 spiro atoms. The smallest absolute Gasteiger partial charge is 0.266 e. The Hall–Kier alpha value is -3.30. The Morgan fingerprint density at radius 2 is 1.90 bits per heavy atom. The van der Waals surface area contributed by atoms with Crippen LogP contribution in [0.1, 0.15) is 17.0 Å². The number of ether oxygens (including phenoxy) is 1. The van der Waals surface area contributed by atoms with E-state index in [2.05, 4.69) is 25.8 Å². The second-order valence-electron chi connectivity index (χ2n) is 6.49. The van der Waals surface area contributed by atoms with Gasteiger partial charge in [-0.1, -0.05) is 22.0 Å². The van der Waals surface area contributed by atoms with Gasteiger partial charge in [-0.25, -0.2) is 0 Å². The minimum atomic E-state index is -0.464. The van der Waals surface area contributed by atoms with Crippen LogP contribution in [-0.4, -0.2) is 17.6 Å². The topological polar surface area (TPSA) is 67.0 Å². The number of anilines is 1. The van der Waals surface area contributed by atoms with Gasteiger partial charge in [0.15, 0.2) is 0 Å². The molecule has 0 bridgehead atoms. The molecule has 0 radical (unpaired) electrons. The molecule has 0 saturated carbocycles. The van der Waals surface area contributed by atoms with E-state index in [-0.39, 0.29) is 5.57 Å². The normalized spacial score (nSPS) is 11.1. The Kier molecular flexibility index (Phi) is 6.20. The Balaban J connectivity index is 1.91. The molecule has 1 amide bonds. The van der Waals surface area contributed by atoms with Gasteiger partial charge in [0, 0.05) is 33.3 Å². The average molecular weight is 450 g/mol. The van der Waals surface area contributed by atoms with Crippen molar-refractivity contribution in [1.82, 2.24) is 4.57 Å². The first-order chi connectivity index (χ1) is 13.9. The van der Waals surface area contributed by atoms with Crippen LogP contribution in [0.5, 0.6) is 5.75 Å². The Morgan fingerprint density at radius 3 is 2.55 bits per heavy atom. The van der Waals surface area contributed by atoms with Crippen molar-refractivity contribution < 1.29 is 9.53 Å². The van der Waals surface area contributed by atoms with Gasteiger partial charge >= 0.3 is 0 Å². The second-order valence-corrected chi connectivity index (χ2v) is 7.41. The van der Waals surface area contributed by atoms with Gasteiger partial charge in [0.2, 0.25) is 0 Å². The lowest BCUT2D eigenvalue weighted by atomic mass is 10.1. The molecule has 2 aromatic carbocycles. The van der Waals surface area contributed by atoms with Crippen molar-refractivity contribution >= 4 is 33.6 Å². The van der Waals surface area contributed by atoms with Crippen LogP contribution in [0, 0.1) is 25.2 Å². The fraction of sp³-hybridized carbons (Fsp3) is 0.130. The highest BCUT2D eigenvalue weighted by molar-refractivity contribution is 9.10. The molecule has 3 rings (SSSR count). The van der Waals surface area contributed by atoms with Crippen molar-refractivity contribution in [2.45, 2.75) is 13.8 Å². The number of aromatic nitrogens is 1. The molecule has 3 aromatic rings. The summed E-state index contributed by atoms with van der Waals surface area (Å²) in [6.07, 6.45) is 1.62. The highest BCUT2D eigenvalue weighted by Gasteiger charge is 2.14. The molecule has 0 atom stereocenters. The fourth-order valence-electron chi connectivity index (χ4n) is 3.12. The zero-order chi connectivity index (χ0) is 21.0. The second kappa shape index (κ2) is 8.80. The van der Waals surface area contributed by atoms with Gasteiger partial charge in [0.25, 0.3) is 5.91 Å². The monoisotopic (exact) mass is 449 g/mol. The van der Waals surface area contributed by atoms with Gasteiger partial charge in [0.05, 0.1) is 7.11 Å². The van der Waals surface area contributed by atoms with E-state index in [0.29, 0.717) is 11.4 Å². The third-order valence-electron chi connectivity index (χ3n) is 4.55. The number of hydrogen-bond acceptors (Lipinski definition) is 3. The number of rotatable bonds is 5. The van der Waals surface area contributed by atoms with E-state index in [4.69, 9.17) is 4.74 Å². The van der Waals surface area contributed by atoms with E-state index in [9.17, 15) is 10.1 Å². The summed E-state index contributed by atoms with van der Waals surface area (Å²) >= 11 is 3.45. The molecule has 1 heterocycles. The maximum atomic E-state index is 12.6. The first-order valence-electron chi connectivity index (χ1n) is 8.95. The molecule has 0 unspecified atom stereocenters. The minimum Gasteiger partial charge on any atom is -0.497 e. The summed E-state index contributed by atoms with van der Waals surface area (Å²) in [4.78, 5) is 12.6. The fourth-order valence-corrected chi connectivity index (χ4v) is 3.39. The molecule has 0 aliphatic carbocycles. The average Bonchev–Trinajstić information content (AvgIpc) is 3.00. The lowest BCUT2D eigenvalue weighted by molar-refractivity contribution is -0.112. The van der Waals surface area contributed by atoms with E-state index < -0.39 is 5.91 Å². The molecule has 1 aromatic heterocycles. The quantitative estimate of drug-likeness (QED) is 0.418. The molecule has 1 N–H and O–H groups in total. The number of methoxy groups -OCH3 is 1. The molecule has 0 fully saturated rings. The van der Waals surface area contributed by atoms with Crippen LogP contribution in [0.3, 0.4) is 0 Å². The molecule has 0 saturated heterocycles. The zero-order valence-electron chi connectivity index (χ0n) is 16.4. The number of nitriles is 1. The third kappa shape index (κ3) is 4.58. The number of nitrogens with zero attached hydrogens (tertiary/aromatic N) is 2. The summed E-state index contributed by atoms with van der Waals surface area (Å²) in [6.45, 7) is 3.96. The summed E-state index contributed by atoms with van der Waals surface area (Å²) < 4.78 is 8.26. The van der Waals surface area contributed by atoms with Gasteiger partial charge in [-0.05, 0) is 68.0 Å². The minimum absolute atomic E-state index is 0.0314. The van der Waals surface area contributed by atoms with E-state index in [1.165, 1.54) is 0 Å². The van der Waals surface area contributed by atoms with Crippen LogP contribution in [0.25, 0.3) is 11.8 Å². The molecule has 146 valence electrons. The molecular formula is C23H20BrN3O2. The predicted molar refractivity (Wildman–Crippen MR) is 118 cm³/mol. The summed E-state index contributed by atoms with van der Waals surface area (Å²) in [6, 6.07) is 19.0. The van der Waals surface area contributed by atoms with Crippen LogP contribution < -0.4 is 10.1 Å². The zero-order valence-corrected chi connectivity index (χ0v) is 17.9. The lowest BCUT2D eigenvalue weighted by Gasteiger charge is -2.10. The van der Waals surface area contributed by atoms with Crippen molar-refractivity contribution in [2.75, 3.05) is 12.4 Å². The van der Waals surface area contributed by atoms with Crippen molar-refractivity contribution in [3.63, 3.8) is 0 Å². The van der Waals surface area contributed by atoms with Crippen LogP contribution >= 0.6 is 15.9 Å². The van der Waals surface area contributed by atoms with Crippen molar-refractivity contribution in [1.29, 1.82) is 5.26 Å². The van der Waals surface area contributed by atoms with Gasteiger partial charge < -0.3 is 14.6 Å². The van der Waals surface area contributed by atoms with Crippen molar-refractivity contribution in [3.8, 4) is 17.5 Å². The van der Waals surface area contributed by atoms with Crippen molar-refractivity contribution in [3.05, 3.63) is 81.6 Å². The highest BCUT2D eigenvalue weighted by atomic mass is 79.9. The number of nitrogens with one attached hydrogen (secondary N) is 1. The number of amides is 1. The summed E-state index contributed by atoms with van der Waals surface area (Å²) in [5.74, 6) is 0.164. The maximum absolute atomic E-state index is 12.6. The van der Waals surface area contributed by atoms with Gasteiger partial charge in [-0.2, -0.15) is 5.26 Å². The van der Waals surface area contributed by atoms with Crippen LogP contribution in [-0.2, 0) is 4.79 Å². The molecule has 6 heteroatoms. The van der Waals surface area contributed by atoms with Crippen LogP contribution in [0.15, 0.2) is 64.6 Å².